The molecule has 0 fully saturated rings. The number of aromatic nitrogens is 2. The Balaban J connectivity index is 1.68. The molecule has 32 heavy (non-hydrogen) atoms. The number of nitrogens with one attached hydrogen (secondary N) is 1. The Kier molecular flexibility index (Phi) is 6.27. The van der Waals surface area contributed by atoms with E-state index in [1.807, 2.05) is 60.7 Å². The molecule has 0 aliphatic carbocycles. The fourth-order valence-electron chi connectivity index (χ4n) is 3.17. The van der Waals surface area contributed by atoms with Gasteiger partial charge in [-0.25, -0.2) is 15.4 Å². The Labute approximate surface area is 186 Å². The van der Waals surface area contributed by atoms with Gasteiger partial charge in [-0.1, -0.05) is 42.5 Å². The minimum atomic E-state index is 0.141. The second kappa shape index (κ2) is 9.61. The van der Waals surface area contributed by atoms with Crippen molar-refractivity contribution in [3.8, 4) is 39.8 Å². The zero-order valence-electron chi connectivity index (χ0n) is 17.7. The second-order valence-electron chi connectivity index (χ2n) is 6.82. The van der Waals surface area contributed by atoms with E-state index in [1.165, 1.54) is 0 Å². The SMILES string of the molecule is COc1ccc(C=NNc2nc(-c3ccccc3)cc(-c3ccccc3O)n2)c(OC)c1. The van der Waals surface area contributed by atoms with Crippen molar-refractivity contribution < 1.29 is 14.6 Å². The molecule has 0 unspecified atom stereocenters. The summed E-state index contributed by atoms with van der Waals surface area (Å²) in [7, 11) is 3.19. The molecular weight excluding hydrogens is 404 g/mol. The number of phenolic OH excluding ortho intramolecular Hbond substituents is 1. The van der Waals surface area contributed by atoms with Gasteiger partial charge in [0.05, 0.1) is 31.8 Å². The van der Waals surface area contributed by atoms with E-state index < -0.39 is 0 Å². The maximum absolute atomic E-state index is 10.3. The van der Waals surface area contributed by atoms with Crippen LogP contribution in [0, 0.1) is 0 Å². The zero-order valence-corrected chi connectivity index (χ0v) is 17.7. The topological polar surface area (TPSA) is 88.9 Å². The molecule has 0 bridgehead atoms. The molecule has 0 aliphatic rings. The number of hydrazone groups is 1. The molecule has 0 saturated carbocycles. The molecule has 0 radical (unpaired) electrons. The van der Waals surface area contributed by atoms with Gasteiger partial charge in [0.1, 0.15) is 17.2 Å². The van der Waals surface area contributed by atoms with Gasteiger partial charge in [-0.3, -0.25) is 0 Å². The molecule has 0 spiro atoms. The first-order valence-corrected chi connectivity index (χ1v) is 9.92. The van der Waals surface area contributed by atoms with Gasteiger partial charge in [-0.2, -0.15) is 5.10 Å². The summed E-state index contributed by atoms with van der Waals surface area (Å²) in [6.45, 7) is 0. The molecule has 1 heterocycles. The van der Waals surface area contributed by atoms with Crippen molar-refractivity contribution in [1.82, 2.24) is 9.97 Å². The minimum Gasteiger partial charge on any atom is -0.507 e. The summed E-state index contributed by atoms with van der Waals surface area (Å²) in [5.41, 5.74) is 6.48. The van der Waals surface area contributed by atoms with Crippen LogP contribution in [0.2, 0.25) is 0 Å². The Morgan fingerprint density at radius 2 is 1.59 bits per heavy atom. The van der Waals surface area contributed by atoms with Crippen LogP contribution in [0.1, 0.15) is 5.56 Å². The second-order valence-corrected chi connectivity index (χ2v) is 6.82. The summed E-state index contributed by atoms with van der Waals surface area (Å²) < 4.78 is 10.6. The molecule has 0 atom stereocenters. The maximum Gasteiger partial charge on any atom is 0.244 e. The van der Waals surface area contributed by atoms with E-state index in [0.29, 0.717) is 34.4 Å². The highest BCUT2D eigenvalue weighted by Crippen LogP contribution is 2.30. The highest BCUT2D eigenvalue weighted by Gasteiger charge is 2.11. The number of para-hydroxylation sites is 1. The van der Waals surface area contributed by atoms with Crippen molar-refractivity contribution >= 4 is 12.2 Å². The normalized spacial score (nSPS) is 10.8. The lowest BCUT2D eigenvalue weighted by atomic mass is 10.1. The first-order chi connectivity index (χ1) is 15.7. The van der Waals surface area contributed by atoms with Crippen LogP contribution < -0.4 is 14.9 Å². The Bertz CT molecular complexity index is 1240. The van der Waals surface area contributed by atoms with Crippen LogP contribution in [-0.2, 0) is 0 Å². The van der Waals surface area contributed by atoms with Crippen LogP contribution in [0.25, 0.3) is 22.5 Å². The summed E-state index contributed by atoms with van der Waals surface area (Å²) in [5, 5.41) is 14.6. The van der Waals surface area contributed by atoms with Crippen molar-refractivity contribution in [3.05, 3.63) is 84.4 Å². The molecular formula is C25H22N4O3. The fourth-order valence-corrected chi connectivity index (χ4v) is 3.17. The van der Waals surface area contributed by atoms with Crippen molar-refractivity contribution in [1.29, 1.82) is 0 Å². The molecule has 0 aliphatic heterocycles. The van der Waals surface area contributed by atoms with Gasteiger partial charge in [-0.15, -0.1) is 0 Å². The summed E-state index contributed by atoms with van der Waals surface area (Å²) in [4.78, 5) is 9.14. The molecule has 0 amide bonds. The molecule has 7 heteroatoms. The van der Waals surface area contributed by atoms with Crippen molar-refractivity contribution in [2.24, 2.45) is 5.10 Å². The minimum absolute atomic E-state index is 0.141. The highest BCUT2D eigenvalue weighted by atomic mass is 16.5. The third kappa shape index (κ3) is 4.67. The van der Waals surface area contributed by atoms with Gasteiger partial charge in [0.15, 0.2) is 0 Å². The summed E-state index contributed by atoms with van der Waals surface area (Å²) in [6.07, 6.45) is 1.62. The Morgan fingerprint density at radius 1 is 0.844 bits per heavy atom. The predicted octanol–water partition coefficient (Wildman–Crippen LogP) is 4.98. The maximum atomic E-state index is 10.3. The van der Waals surface area contributed by atoms with Gasteiger partial charge in [0.25, 0.3) is 0 Å². The van der Waals surface area contributed by atoms with Gasteiger partial charge in [0.2, 0.25) is 5.95 Å². The molecule has 4 rings (SSSR count). The molecule has 4 aromatic rings. The standard InChI is InChI=1S/C25H22N4O3/c1-31-19-13-12-18(24(14-19)32-2)16-26-29-25-27-21(17-8-4-3-5-9-17)15-22(28-25)20-10-6-7-11-23(20)30/h3-16,30H,1-2H3,(H,27,28,29). The first kappa shape index (κ1) is 20.9. The molecule has 160 valence electrons. The number of nitrogens with zero attached hydrogens (tertiary/aromatic N) is 3. The lowest BCUT2D eigenvalue weighted by molar-refractivity contribution is 0.394. The zero-order chi connectivity index (χ0) is 22.3. The van der Waals surface area contributed by atoms with Crippen LogP contribution in [-0.4, -0.2) is 35.5 Å². The number of rotatable bonds is 7. The van der Waals surface area contributed by atoms with Crippen LogP contribution in [0.4, 0.5) is 5.95 Å². The average molecular weight is 426 g/mol. The highest BCUT2D eigenvalue weighted by molar-refractivity contribution is 5.84. The Morgan fingerprint density at radius 3 is 2.34 bits per heavy atom. The molecule has 3 aromatic carbocycles. The lowest BCUT2D eigenvalue weighted by Gasteiger charge is -2.10. The van der Waals surface area contributed by atoms with Crippen molar-refractivity contribution in [2.75, 3.05) is 19.6 Å². The summed E-state index contributed by atoms with van der Waals surface area (Å²) in [5.74, 6) is 1.76. The number of benzene rings is 3. The third-order valence-corrected chi connectivity index (χ3v) is 4.78. The summed E-state index contributed by atoms with van der Waals surface area (Å²) >= 11 is 0. The van der Waals surface area contributed by atoms with Crippen molar-refractivity contribution in [2.45, 2.75) is 0 Å². The van der Waals surface area contributed by atoms with E-state index in [0.717, 1.165) is 11.1 Å². The van der Waals surface area contributed by atoms with E-state index in [-0.39, 0.29) is 5.75 Å². The Hall–Kier alpha value is -4.39. The van der Waals surface area contributed by atoms with Crippen LogP contribution in [0.5, 0.6) is 17.2 Å². The van der Waals surface area contributed by atoms with E-state index in [1.54, 1.807) is 38.6 Å². The van der Waals surface area contributed by atoms with E-state index in [2.05, 4.69) is 20.5 Å². The number of anilines is 1. The molecule has 1 aromatic heterocycles. The third-order valence-electron chi connectivity index (χ3n) is 4.78. The number of phenols is 1. The van der Waals surface area contributed by atoms with Gasteiger partial charge < -0.3 is 14.6 Å². The predicted molar refractivity (Wildman–Crippen MR) is 125 cm³/mol. The lowest BCUT2D eigenvalue weighted by Crippen LogP contribution is -2.01. The van der Waals surface area contributed by atoms with Crippen molar-refractivity contribution in [3.63, 3.8) is 0 Å². The smallest absolute Gasteiger partial charge is 0.244 e. The van der Waals surface area contributed by atoms with Crippen LogP contribution in [0.3, 0.4) is 0 Å². The van der Waals surface area contributed by atoms with Gasteiger partial charge in [-0.05, 0) is 30.3 Å². The monoisotopic (exact) mass is 426 g/mol. The number of hydrogen-bond acceptors (Lipinski definition) is 7. The van der Waals surface area contributed by atoms with Gasteiger partial charge >= 0.3 is 0 Å². The average Bonchev–Trinajstić information content (AvgIpc) is 2.85. The number of methoxy groups -OCH3 is 2. The van der Waals surface area contributed by atoms with Crippen LogP contribution in [0.15, 0.2) is 84.0 Å². The first-order valence-electron chi connectivity index (χ1n) is 9.92. The quantitative estimate of drug-likeness (QED) is 0.320. The van der Waals surface area contributed by atoms with E-state index in [4.69, 9.17) is 9.47 Å². The molecule has 2 N–H and O–H groups in total. The van der Waals surface area contributed by atoms with Crippen LogP contribution >= 0.6 is 0 Å². The number of aromatic hydroxyl groups is 1. The fraction of sp³-hybridized carbons (Fsp3) is 0.0800. The number of ether oxygens (including phenoxy) is 2. The molecule has 7 nitrogen and oxygen atoms in total. The van der Waals surface area contributed by atoms with E-state index in [9.17, 15) is 5.11 Å². The molecule has 0 saturated heterocycles. The summed E-state index contributed by atoms with van der Waals surface area (Å²) in [6, 6.07) is 24.1. The van der Waals surface area contributed by atoms with E-state index >= 15 is 0 Å². The van der Waals surface area contributed by atoms with Gasteiger partial charge in [0, 0.05) is 22.8 Å². The number of hydrogen-bond donors (Lipinski definition) is 2. The largest absolute Gasteiger partial charge is 0.507 e.